The second kappa shape index (κ2) is 4.49. The molecule has 17 heavy (non-hydrogen) atoms. The zero-order chi connectivity index (χ0) is 12.5. The molecule has 0 aromatic carbocycles. The highest BCUT2D eigenvalue weighted by atomic mass is 16.3. The zero-order valence-corrected chi connectivity index (χ0v) is 10.3. The van der Waals surface area contributed by atoms with E-state index in [0.717, 1.165) is 18.5 Å². The third-order valence-electron chi connectivity index (χ3n) is 3.26. The molecule has 1 aromatic heterocycles. The Balaban J connectivity index is 1.76. The molecule has 0 radical (unpaired) electrons. The van der Waals surface area contributed by atoms with Crippen LogP contribution < -0.4 is 5.32 Å². The molecule has 1 amide bonds. The van der Waals surface area contributed by atoms with E-state index in [1.807, 2.05) is 17.8 Å². The van der Waals surface area contributed by atoms with E-state index in [9.17, 15) is 9.90 Å². The summed E-state index contributed by atoms with van der Waals surface area (Å²) in [4.78, 5) is 15.9. The lowest BCUT2D eigenvalue weighted by atomic mass is 10.00. The quantitative estimate of drug-likeness (QED) is 0.771. The molecule has 2 rings (SSSR count). The second-order valence-corrected chi connectivity index (χ2v) is 4.96. The standard InChI is InChI=1S/C12H19N3O2/c1-12(17,9-3-4-9)11(16)13-6-5-10-7-15(2)8-14-10/h7-9,17H,3-6H2,1-2H3,(H,13,16)/t12-/m0/s1. The van der Waals surface area contributed by atoms with Crippen molar-refractivity contribution in [2.24, 2.45) is 13.0 Å². The lowest BCUT2D eigenvalue weighted by molar-refractivity contribution is -0.140. The molecular weight excluding hydrogens is 218 g/mol. The Morgan fingerprint density at radius 1 is 1.71 bits per heavy atom. The first kappa shape index (κ1) is 12.1. The van der Waals surface area contributed by atoms with Crippen LogP contribution in [-0.2, 0) is 18.3 Å². The predicted octanol–water partition coefficient (Wildman–Crippen LogP) is 0.240. The zero-order valence-electron chi connectivity index (χ0n) is 10.3. The van der Waals surface area contributed by atoms with Crippen LogP contribution in [-0.4, -0.2) is 32.7 Å². The van der Waals surface area contributed by atoms with Gasteiger partial charge in [-0.15, -0.1) is 0 Å². The van der Waals surface area contributed by atoms with E-state index in [4.69, 9.17) is 0 Å². The molecule has 0 unspecified atom stereocenters. The highest BCUT2D eigenvalue weighted by Gasteiger charge is 2.45. The molecule has 5 heteroatoms. The van der Waals surface area contributed by atoms with Gasteiger partial charge in [-0.1, -0.05) is 0 Å². The molecule has 1 aliphatic rings. The topological polar surface area (TPSA) is 67.2 Å². The molecule has 0 saturated heterocycles. The number of nitrogens with zero attached hydrogens (tertiary/aromatic N) is 2. The van der Waals surface area contributed by atoms with Crippen molar-refractivity contribution in [2.75, 3.05) is 6.54 Å². The van der Waals surface area contributed by atoms with Gasteiger partial charge in [0.25, 0.3) is 5.91 Å². The van der Waals surface area contributed by atoms with E-state index in [1.54, 1.807) is 13.3 Å². The van der Waals surface area contributed by atoms with Crippen LogP contribution in [0.15, 0.2) is 12.5 Å². The molecule has 5 nitrogen and oxygen atoms in total. The summed E-state index contributed by atoms with van der Waals surface area (Å²) in [6, 6.07) is 0. The summed E-state index contributed by atoms with van der Waals surface area (Å²) >= 11 is 0. The summed E-state index contributed by atoms with van der Waals surface area (Å²) < 4.78 is 1.87. The van der Waals surface area contributed by atoms with Crippen molar-refractivity contribution in [3.63, 3.8) is 0 Å². The monoisotopic (exact) mass is 237 g/mol. The van der Waals surface area contributed by atoms with Crippen LogP contribution in [0.4, 0.5) is 0 Å². The molecular formula is C12H19N3O2. The van der Waals surface area contributed by atoms with E-state index < -0.39 is 5.60 Å². The van der Waals surface area contributed by atoms with Gasteiger partial charge >= 0.3 is 0 Å². The Kier molecular flexibility index (Phi) is 3.19. The maximum Gasteiger partial charge on any atom is 0.251 e. The third kappa shape index (κ3) is 2.85. The SMILES string of the molecule is Cn1cnc(CCNC(=O)[C@@](C)(O)C2CC2)c1. The van der Waals surface area contributed by atoms with Crippen LogP contribution in [0.1, 0.15) is 25.5 Å². The highest BCUT2D eigenvalue weighted by molar-refractivity contribution is 5.85. The molecule has 1 fully saturated rings. The van der Waals surface area contributed by atoms with Crippen LogP contribution in [0.25, 0.3) is 0 Å². The van der Waals surface area contributed by atoms with E-state index in [-0.39, 0.29) is 11.8 Å². The smallest absolute Gasteiger partial charge is 0.251 e. The predicted molar refractivity (Wildman–Crippen MR) is 63.3 cm³/mol. The summed E-state index contributed by atoms with van der Waals surface area (Å²) in [5.41, 5.74) is -0.261. The van der Waals surface area contributed by atoms with Gasteiger partial charge in [0.15, 0.2) is 0 Å². The van der Waals surface area contributed by atoms with E-state index >= 15 is 0 Å². The second-order valence-electron chi connectivity index (χ2n) is 4.96. The minimum Gasteiger partial charge on any atom is -0.380 e. The first-order chi connectivity index (χ1) is 8.00. The average molecular weight is 237 g/mol. The number of carbonyl (C=O) groups is 1. The number of rotatable bonds is 5. The summed E-state index contributed by atoms with van der Waals surface area (Å²) in [5.74, 6) is -0.131. The number of nitrogens with one attached hydrogen (secondary N) is 1. The number of aliphatic hydroxyl groups is 1. The molecule has 1 atom stereocenters. The van der Waals surface area contributed by atoms with Crippen LogP contribution >= 0.6 is 0 Å². The Morgan fingerprint density at radius 2 is 2.41 bits per heavy atom. The normalized spacial score (nSPS) is 18.8. The van der Waals surface area contributed by atoms with Crippen molar-refractivity contribution in [3.05, 3.63) is 18.2 Å². The average Bonchev–Trinajstić information content (AvgIpc) is 3.04. The number of aryl methyl sites for hydroxylation is 1. The van der Waals surface area contributed by atoms with Crippen molar-refractivity contribution in [1.82, 2.24) is 14.9 Å². The van der Waals surface area contributed by atoms with Crippen molar-refractivity contribution in [3.8, 4) is 0 Å². The Morgan fingerprint density at radius 3 is 2.94 bits per heavy atom. The van der Waals surface area contributed by atoms with Crippen molar-refractivity contribution in [1.29, 1.82) is 0 Å². The highest BCUT2D eigenvalue weighted by Crippen LogP contribution is 2.39. The van der Waals surface area contributed by atoms with Gasteiger partial charge in [0.05, 0.1) is 12.0 Å². The summed E-state index contributed by atoms with van der Waals surface area (Å²) in [6.45, 7) is 2.11. The Hall–Kier alpha value is -1.36. The number of amides is 1. The summed E-state index contributed by atoms with van der Waals surface area (Å²) in [6.07, 6.45) is 6.23. The molecule has 2 N–H and O–H groups in total. The minimum atomic E-state index is -1.20. The molecule has 0 aliphatic heterocycles. The van der Waals surface area contributed by atoms with Crippen molar-refractivity contribution < 1.29 is 9.90 Å². The first-order valence-electron chi connectivity index (χ1n) is 5.97. The minimum absolute atomic E-state index is 0.136. The third-order valence-corrected chi connectivity index (χ3v) is 3.26. The van der Waals surface area contributed by atoms with Crippen molar-refractivity contribution >= 4 is 5.91 Å². The van der Waals surface area contributed by atoms with Gasteiger partial charge in [0, 0.05) is 26.2 Å². The fourth-order valence-electron chi connectivity index (χ4n) is 1.91. The number of carbonyl (C=O) groups excluding carboxylic acids is 1. The first-order valence-corrected chi connectivity index (χ1v) is 5.97. The Bertz CT molecular complexity index is 408. The van der Waals surface area contributed by atoms with Crippen molar-refractivity contribution in [2.45, 2.75) is 31.8 Å². The molecule has 0 spiro atoms. The van der Waals surface area contributed by atoms with E-state index in [1.165, 1.54) is 0 Å². The van der Waals surface area contributed by atoms with Gasteiger partial charge in [-0.25, -0.2) is 4.98 Å². The number of aromatic nitrogens is 2. The van der Waals surface area contributed by atoms with Crippen LogP contribution in [0.5, 0.6) is 0 Å². The molecule has 94 valence electrons. The van der Waals surface area contributed by atoms with Crippen LogP contribution in [0.3, 0.4) is 0 Å². The number of hydrogen-bond donors (Lipinski definition) is 2. The summed E-state index contributed by atoms with van der Waals surface area (Å²) in [5, 5.41) is 12.8. The maximum atomic E-state index is 11.8. The van der Waals surface area contributed by atoms with Gasteiger partial charge in [-0.05, 0) is 25.7 Å². The summed E-state index contributed by atoms with van der Waals surface area (Å²) in [7, 11) is 1.91. The van der Waals surface area contributed by atoms with Gasteiger partial charge in [0.1, 0.15) is 5.60 Å². The van der Waals surface area contributed by atoms with E-state index in [2.05, 4.69) is 10.3 Å². The Labute approximate surface area is 101 Å². The van der Waals surface area contributed by atoms with Gasteiger partial charge < -0.3 is 15.0 Å². The molecule has 1 heterocycles. The van der Waals surface area contributed by atoms with Crippen LogP contribution in [0, 0.1) is 5.92 Å². The maximum absolute atomic E-state index is 11.8. The lowest BCUT2D eigenvalue weighted by Gasteiger charge is -2.21. The van der Waals surface area contributed by atoms with E-state index in [0.29, 0.717) is 13.0 Å². The van der Waals surface area contributed by atoms with Gasteiger partial charge in [-0.3, -0.25) is 4.79 Å². The van der Waals surface area contributed by atoms with Gasteiger partial charge in [-0.2, -0.15) is 0 Å². The number of imidazole rings is 1. The van der Waals surface area contributed by atoms with Crippen LogP contribution in [0.2, 0.25) is 0 Å². The van der Waals surface area contributed by atoms with Gasteiger partial charge in [0.2, 0.25) is 0 Å². The molecule has 1 aliphatic carbocycles. The number of hydrogen-bond acceptors (Lipinski definition) is 3. The fourth-order valence-corrected chi connectivity index (χ4v) is 1.91. The molecule has 1 saturated carbocycles. The lowest BCUT2D eigenvalue weighted by Crippen LogP contribution is -2.46. The largest absolute Gasteiger partial charge is 0.380 e. The molecule has 1 aromatic rings. The molecule has 0 bridgehead atoms. The fraction of sp³-hybridized carbons (Fsp3) is 0.667.